The van der Waals surface area contributed by atoms with E-state index in [4.69, 9.17) is 0 Å². The third-order valence-electron chi connectivity index (χ3n) is 5.22. The lowest BCUT2D eigenvalue weighted by Crippen LogP contribution is -2.57. The van der Waals surface area contributed by atoms with E-state index in [1.807, 2.05) is 6.07 Å². The quantitative estimate of drug-likeness (QED) is 0.884. The number of hydrogen-bond acceptors (Lipinski definition) is 6. The van der Waals surface area contributed by atoms with Gasteiger partial charge in [-0.1, -0.05) is 0 Å². The number of nitrogens with zero attached hydrogens (tertiary/aromatic N) is 5. The predicted octanol–water partition coefficient (Wildman–Crippen LogP) is 1.29. The van der Waals surface area contributed by atoms with E-state index in [-0.39, 0.29) is 11.8 Å². The molecule has 24 heavy (non-hydrogen) atoms. The molecule has 0 amide bonds. The molecule has 2 fully saturated rings. The molecule has 2 atom stereocenters. The van der Waals surface area contributed by atoms with Crippen LogP contribution < -0.4 is 4.90 Å². The van der Waals surface area contributed by atoms with Gasteiger partial charge >= 0.3 is 0 Å². The number of hydrogen-bond donors (Lipinski definition) is 2. The number of piperazine rings is 1. The summed E-state index contributed by atoms with van der Waals surface area (Å²) < 4.78 is 1.60. The topological polar surface area (TPSA) is 77.6 Å². The summed E-state index contributed by atoms with van der Waals surface area (Å²) in [6, 6.07) is 5.46. The summed E-state index contributed by atoms with van der Waals surface area (Å²) in [5.74, 6) is 1.55. The van der Waals surface area contributed by atoms with Crippen molar-refractivity contribution in [3.8, 4) is 11.8 Å². The number of anilines is 1. The lowest BCUT2D eigenvalue weighted by molar-refractivity contribution is 0.0864. The van der Waals surface area contributed by atoms with Gasteiger partial charge in [-0.3, -0.25) is 9.47 Å². The predicted molar refractivity (Wildman–Crippen MR) is 90.1 cm³/mol. The Labute approximate surface area is 141 Å². The van der Waals surface area contributed by atoms with Gasteiger partial charge in [-0.25, -0.2) is 9.97 Å². The number of aromatic hydroxyl groups is 2. The average molecular weight is 329 g/mol. The van der Waals surface area contributed by atoms with Gasteiger partial charge in [0.1, 0.15) is 0 Å². The first kappa shape index (κ1) is 15.3. The Hall–Kier alpha value is -2.28. The van der Waals surface area contributed by atoms with Crippen molar-refractivity contribution in [1.29, 1.82) is 0 Å². The van der Waals surface area contributed by atoms with Crippen molar-refractivity contribution in [2.24, 2.45) is 5.92 Å². The zero-order valence-electron chi connectivity index (χ0n) is 13.6. The summed E-state index contributed by atoms with van der Waals surface area (Å²) in [6.07, 6.45) is 5.81. The van der Waals surface area contributed by atoms with Gasteiger partial charge in [-0.05, 0) is 24.8 Å². The summed E-state index contributed by atoms with van der Waals surface area (Å²) in [5.41, 5.74) is 0. The molecule has 7 heteroatoms. The van der Waals surface area contributed by atoms with Gasteiger partial charge in [0, 0.05) is 63.3 Å². The summed E-state index contributed by atoms with van der Waals surface area (Å²) >= 11 is 0. The van der Waals surface area contributed by atoms with E-state index < -0.39 is 0 Å². The normalized spacial score (nSPS) is 24.8. The highest BCUT2D eigenvalue weighted by molar-refractivity contribution is 5.30. The van der Waals surface area contributed by atoms with Crippen LogP contribution >= 0.6 is 0 Å². The fourth-order valence-corrected chi connectivity index (χ4v) is 3.93. The molecule has 2 aliphatic rings. The van der Waals surface area contributed by atoms with Crippen LogP contribution in [0.25, 0.3) is 0 Å². The Morgan fingerprint density at radius 2 is 1.75 bits per heavy atom. The highest BCUT2D eigenvalue weighted by Gasteiger charge is 2.34. The Balaban J connectivity index is 1.38. The molecule has 2 N–H and O–H groups in total. The van der Waals surface area contributed by atoms with Gasteiger partial charge in [0.05, 0.1) is 0 Å². The summed E-state index contributed by atoms with van der Waals surface area (Å²) in [4.78, 5) is 13.5. The SMILES string of the molecule is Oc1ccc(O)n1C[C@H]1CC[C@H]2CN(c3ncccn3)CCN2C1. The molecule has 128 valence electrons. The van der Waals surface area contributed by atoms with Crippen molar-refractivity contribution in [1.82, 2.24) is 19.4 Å². The highest BCUT2D eigenvalue weighted by Crippen LogP contribution is 2.30. The van der Waals surface area contributed by atoms with E-state index in [0.717, 1.165) is 45.0 Å². The van der Waals surface area contributed by atoms with Gasteiger partial charge in [0.25, 0.3) is 0 Å². The maximum atomic E-state index is 9.82. The minimum atomic E-state index is 0.140. The molecule has 0 spiro atoms. The van der Waals surface area contributed by atoms with Crippen molar-refractivity contribution in [2.75, 3.05) is 31.1 Å². The molecular formula is C17H23N5O2. The third kappa shape index (κ3) is 2.91. The van der Waals surface area contributed by atoms with Crippen molar-refractivity contribution in [3.05, 3.63) is 30.6 Å². The van der Waals surface area contributed by atoms with E-state index >= 15 is 0 Å². The van der Waals surface area contributed by atoms with Gasteiger partial charge in [0.2, 0.25) is 5.95 Å². The van der Waals surface area contributed by atoms with Crippen LogP contribution in [0.15, 0.2) is 30.6 Å². The van der Waals surface area contributed by atoms with Crippen LogP contribution in [0.1, 0.15) is 12.8 Å². The fraction of sp³-hybridized carbons (Fsp3) is 0.529. The van der Waals surface area contributed by atoms with Gasteiger partial charge in [-0.2, -0.15) is 0 Å². The second kappa shape index (κ2) is 6.32. The zero-order valence-corrected chi connectivity index (χ0v) is 13.6. The summed E-state index contributed by atoms with van der Waals surface area (Å²) in [6.45, 7) is 4.58. The molecule has 2 aromatic rings. The number of rotatable bonds is 3. The van der Waals surface area contributed by atoms with E-state index in [1.54, 1.807) is 29.1 Å². The monoisotopic (exact) mass is 329 g/mol. The van der Waals surface area contributed by atoms with Gasteiger partial charge in [0.15, 0.2) is 11.8 Å². The van der Waals surface area contributed by atoms with E-state index in [0.29, 0.717) is 18.5 Å². The maximum absolute atomic E-state index is 9.82. The first-order valence-electron chi connectivity index (χ1n) is 8.54. The summed E-state index contributed by atoms with van der Waals surface area (Å²) in [5, 5.41) is 19.6. The maximum Gasteiger partial charge on any atom is 0.225 e. The lowest BCUT2D eigenvalue weighted by Gasteiger charge is -2.46. The Kier molecular flexibility index (Phi) is 4.02. The minimum absolute atomic E-state index is 0.140. The van der Waals surface area contributed by atoms with Crippen LogP contribution in [0.5, 0.6) is 11.8 Å². The standard InChI is InChI=1S/C17H23N5O2/c23-15-4-5-16(24)22(15)11-13-2-3-14-12-21(9-8-20(14)10-13)17-18-6-1-7-19-17/h1,4-7,13-14,23-24H,2-3,8-12H2/t13-,14-/m0/s1. The molecule has 0 radical (unpaired) electrons. The van der Waals surface area contributed by atoms with E-state index in [1.165, 1.54) is 0 Å². The summed E-state index contributed by atoms with van der Waals surface area (Å²) in [7, 11) is 0. The minimum Gasteiger partial charge on any atom is -0.494 e. The molecule has 2 aliphatic heterocycles. The van der Waals surface area contributed by atoms with Crippen molar-refractivity contribution in [2.45, 2.75) is 25.4 Å². The van der Waals surface area contributed by atoms with E-state index in [9.17, 15) is 10.2 Å². The molecule has 4 rings (SSSR count). The Bertz CT molecular complexity index is 670. The third-order valence-corrected chi connectivity index (χ3v) is 5.22. The number of piperidine rings is 1. The molecule has 2 saturated heterocycles. The van der Waals surface area contributed by atoms with E-state index in [2.05, 4.69) is 19.8 Å². The fourth-order valence-electron chi connectivity index (χ4n) is 3.93. The van der Waals surface area contributed by atoms with Crippen LogP contribution in [-0.2, 0) is 6.54 Å². The van der Waals surface area contributed by atoms with Crippen LogP contribution in [0, 0.1) is 5.92 Å². The molecule has 4 heterocycles. The first-order valence-corrected chi connectivity index (χ1v) is 8.54. The Morgan fingerprint density at radius 1 is 1.00 bits per heavy atom. The second-order valence-corrected chi connectivity index (χ2v) is 6.75. The van der Waals surface area contributed by atoms with Crippen LogP contribution in [0.3, 0.4) is 0 Å². The van der Waals surface area contributed by atoms with Crippen LogP contribution in [-0.4, -0.2) is 61.9 Å². The molecule has 0 bridgehead atoms. The second-order valence-electron chi connectivity index (χ2n) is 6.75. The molecule has 2 aromatic heterocycles. The molecule has 0 unspecified atom stereocenters. The average Bonchev–Trinajstić information content (AvgIpc) is 2.94. The van der Waals surface area contributed by atoms with Crippen LogP contribution in [0.4, 0.5) is 5.95 Å². The van der Waals surface area contributed by atoms with Gasteiger partial charge < -0.3 is 15.1 Å². The molecule has 0 saturated carbocycles. The highest BCUT2D eigenvalue weighted by atomic mass is 16.3. The first-order chi connectivity index (χ1) is 11.7. The van der Waals surface area contributed by atoms with Gasteiger partial charge in [-0.15, -0.1) is 0 Å². The molecule has 0 aromatic carbocycles. The largest absolute Gasteiger partial charge is 0.494 e. The zero-order chi connectivity index (χ0) is 16.5. The smallest absolute Gasteiger partial charge is 0.225 e. The Morgan fingerprint density at radius 3 is 2.50 bits per heavy atom. The van der Waals surface area contributed by atoms with Crippen molar-refractivity contribution < 1.29 is 10.2 Å². The van der Waals surface area contributed by atoms with Crippen molar-refractivity contribution in [3.63, 3.8) is 0 Å². The number of fused-ring (bicyclic) bond motifs is 1. The molecule has 0 aliphatic carbocycles. The molecule has 7 nitrogen and oxygen atoms in total. The van der Waals surface area contributed by atoms with Crippen molar-refractivity contribution >= 4 is 5.95 Å². The van der Waals surface area contributed by atoms with Crippen LogP contribution in [0.2, 0.25) is 0 Å². The number of aromatic nitrogens is 3. The lowest BCUT2D eigenvalue weighted by atomic mass is 9.91. The molecular weight excluding hydrogens is 306 g/mol.